The number of rotatable bonds is 10. The molecule has 1 aliphatic heterocycles. The predicted molar refractivity (Wildman–Crippen MR) is 156 cm³/mol. The highest BCUT2D eigenvalue weighted by molar-refractivity contribution is 7.89. The highest BCUT2D eigenvalue weighted by Crippen LogP contribution is 2.38. The topological polar surface area (TPSA) is 117 Å². The lowest BCUT2D eigenvalue weighted by molar-refractivity contribution is 0.111. The van der Waals surface area contributed by atoms with E-state index in [4.69, 9.17) is 9.88 Å². The fourth-order valence-corrected chi connectivity index (χ4v) is 6.57. The second kappa shape index (κ2) is 13.1. The molecule has 0 saturated carbocycles. The van der Waals surface area contributed by atoms with Gasteiger partial charge in [0.2, 0.25) is 16.4 Å². The van der Waals surface area contributed by atoms with Crippen molar-refractivity contribution in [3.63, 3.8) is 0 Å². The molecule has 4 rings (SSSR count). The van der Waals surface area contributed by atoms with Crippen LogP contribution in [-0.2, 0) is 16.4 Å². The summed E-state index contributed by atoms with van der Waals surface area (Å²) in [4.78, 5) is 2.77. The van der Waals surface area contributed by atoms with Crippen LogP contribution in [0.5, 0.6) is 5.75 Å². The molecule has 216 valence electrons. The summed E-state index contributed by atoms with van der Waals surface area (Å²) in [6.07, 6.45) is -1.39. The van der Waals surface area contributed by atoms with Gasteiger partial charge in [0.25, 0.3) is 0 Å². The van der Waals surface area contributed by atoms with Gasteiger partial charge in [-0.2, -0.15) is 0 Å². The highest BCUT2D eigenvalue weighted by atomic mass is 32.2. The number of halogens is 2. The number of likely N-dealkylation sites (tertiary alicyclic amines) is 1. The summed E-state index contributed by atoms with van der Waals surface area (Å²) in [6.45, 7) is 4.41. The van der Waals surface area contributed by atoms with Gasteiger partial charge in [0.15, 0.2) is 0 Å². The van der Waals surface area contributed by atoms with Crippen molar-refractivity contribution in [2.45, 2.75) is 49.7 Å². The summed E-state index contributed by atoms with van der Waals surface area (Å²) in [6, 6.07) is 10.2. The van der Waals surface area contributed by atoms with Gasteiger partial charge in [-0.25, -0.2) is 22.3 Å². The number of nitrogens with two attached hydrogens (primary N) is 1. The number of hydrogen-bond acceptors (Lipinski definition) is 8. The molecule has 0 bridgehead atoms. The Hall–Kier alpha value is -2.95. The Bertz CT molecular complexity index is 1490. The van der Waals surface area contributed by atoms with Crippen LogP contribution >= 0.6 is 11.3 Å². The fourth-order valence-electron chi connectivity index (χ4n) is 4.85. The lowest BCUT2D eigenvalue weighted by Crippen LogP contribution is -2.41. The summed E-state index contributed by atoms with van der Waals surface area (Å²) < 4.78 is 56.5. The average molecular weight is 593 g/mol. The summed E-state index contributed by atoms with van der Waals surface area (Å²) in [5.74, 6) is 6.36. The number of β-amino-alcohol motifs (C(OH)–C–C–N with tert-alkyl or cyclic N) is 1. The molecule has 40 heavy (non-hydrogen) atoms. The SMILES string of the molecule is COc1cc(S(N)(=O)=O)ccc1NCC#Cc1sc2c(NC3CCN(CC(C)O)CC3)cccc2c1CC(F)F. The van der Waals surface area contributed by atoms with Crippen LogP contribution in [-0.4, -0.2) is 70.3 Å². The molecule has 1 atom stereocenters. The standard InChI is InChI=1S/C28H34F2N4O4S2/c1-18(35)17-34-13-10-19(11-14-34)33-24-6-3-5-21-22(16-27(29)30)26(39-28(21)24)7-4-12-32-23-9-8-20(40(31,36)37)15-25(23)38-2/h3,5-6,8-9,15,18-19,27,32-33,35H,10-14,16-17H2,1-2H3,(H2,31,36,37). The number of hydrogen-bond donors (Lipinski definition) is 4. The van der Waals surface area contributed by atoms with Gasteiger partial charge >= 0.3 is 0 Å². The van der Waals surface area contributed by atoms with Gasteiger partial charge in [-0.3, -0.25) is 0 Å². The number of benzene rings is 2. The van der Waals surface area contributed by atoms with Crippen molar-refractivity contribution in [1.82, 2.24) is 4.90 Å². The molecule has 1 unspecified atom stereocenters. The number of sulfonamides is 1. The first kappa shape index (κ1) is 30.0. The fraction of sp³-hybridized carbons (Fsp3) is 0.429. The number of methoxy groups -OCH3 is 1. The molecule has 2 heterocycles. The molecule has 1 saturated heterocycles. The summed E-state index contributed by atoms with van der Waals surface area (Å²) in [7, 11) is -2.46. The number of thiophene rings is 1. The third-order valence-corrected chi connectivity index (χ3v) is 8.82. The van der Waals surface area contributed by atoms with E-state index < -0.39 is 16.4 Å². The van der Waals surface area contributed by atoms with Crippen LogP contribution in [0.4, 0.5) is 20.2 Å². The number of fused-ring (bicyclic) bond motifs is 1. The molecule has 0 aliphatic carbocycles. The third-order valence-electron chi connectivity index (χ3n) is 6.72. The maximum Gasteiger partial charge on any atom is 0.242 e. The second-order valence-corrected chi connectivity index (χ2v) is 12.4. The monoisotopic (exact) mass is 592 g/mol. The molecular formula is C28H34F2N4O4S2. The van der Waals surface area contributed by atoms with E-state index in [0.29, 0.717) is 28.4 Å². The summed E-state index contributed by atoms with van der Waals surface area (Å²) in [5, 5.41) is 22.3. The largest absolute Gasteiger partial charge is 0.495 e. The number of primary sulfonamides is 1. The predicted octanol–water partition coefficient (Wildman–Crippen LogP) is 4.09. The Labute approximate surface area is 237 Å². The van der Waals surface area contributed by atoms with Gasteiger partial charge in [-0.05, 0) is 48.9 Å². The molecule has 12 heteroatoms. The number of ether oxygens (including phenoxy) is 1. The Balaban J connectivity index is 1.52. The van der Waals surface area contributed by atoms with E-state index in [2.05, 4.69) is 27.4 Å². The van der Waals surface area contributed by atoms with Crippen molar-refractivity contribution < 1.29 is 27.0 Å². The Morgan fingerprint density at radius 1 is 1.23 bits per heavy atom. The van der Waals surface area contributed by atoms with Crippen LogP contribution in [0.15, 0.2) is 41.3 Å². The van der Waals surface area contributed by atoms with E-state index in [1.54, 1.807) is 6.92 Å². The van der Waals surface area contributed by atoms with Gasteiger partial charge in [0.05, 0.1) is 45.6 Å². The summed E-state index contributed by atoms with van der Waals surface area (Å²) >= 11 is 1.40. The second-order valence-electron chi connectivity index (χ2n) is 9.82. The number of aliphatic hydroxyl groups excluding tert-OH is 1. The van der Waals surface area contributed by atoms with Crippen molar-refractivity contribution >= 4 is 42.8 Å². The molecule has 1 aliphatic rings. The van der Waals surface area contributed by atoms with Gasteiger partial charge in [0, 0.05) is 38.2 Å². The van der Waals surface area contributed by atoms with E-state index >= 15 is 0 Å². The number of alkyl halides is 2. The number of nitrogens with zero attached hydrogens (tertiary/aromatic N) is 1. The molecule has 1 aromatic heterocycles. The molecule has 3 aromatic rings. The van der Waals surface area contributed by atoms with Crippen molar-refractivity contribution in [2.75, 3.05) is 43.9 Å². The van der Waals surface area contributed by atoms with Gasteiger partial charge < -0.3 is 25.4 Å². The quantitative estimate of drug-likeness (QED) is 0.262. The minimum absolute atomic E-state index is 0.0716. The maximum atomic E-state index is 13.6. The van der Waals surface area contributed by atoms with Gasteiger partial charge in [0.1, 0.15) is 5.75 Å². The van der Waals surface area contributed by atoms with Crippen LogP contribution < -0.4 is 20.5 Å². The molecule has 5 N–H and O–H groups in total. The van der Waals surface area contributed by atoms with Crippen LogP contribution in [0.25, 0.3) is 10.1 Å². The lowest BCUT2D eigenvalue weighted by atomic mass is 10.0. The normalized spacial score (nSPS) is 15.6. The van der Waals surface area contributed by atoms with E-state index in [-0.39, 0.29) is 30.0 Å². The zero-order valence-corrected chi connectivity index (χ0v) is 24.0. The molecule has 8 nitrogen and oxygen atoms in total. The first-order chi connectivity index (χ1) is 19.0. The van der Waals surface area contributed by atoms with Crippen molar-refractivity contribution in [2.24, 2.45) is 5.14 Å². The molecule has 1 fully saturated rings. The Morgan fingerprint density at radius 2 is 1.98 bits per heavy atom. The van der Waals surface area contributed by atoms with Crippen LogP contribution in [0.2, 0.25) is 0 Å². The van der Waals surface area contributed by atoms with E-state index in [1.807, 2.05) is 18.2 Å². The van der Waals surface area contributed by atoms with Gasteiger partial charge in [-0.15, -0.1) is 11.3 Å². The number of anilines is 2. The lowest BCUT2D eigenvalue weighted by Gasteiger charge is -2.33. The van der Waals surface area contributed by atoms with E-state index in [0.717, 1.165) is 41.7 Å². The van der Waals surface area contributed by atoms with E-state index in [9.17, 15) is 22.3 Å². The number of nitrogens with one attached hydrogen (secondary N) is 2. The number of aliphatic hydroxyl groups is 1. The summed E-state index contributed by atoms with van der Waals surface area (Å²) in [5.41, 5.74) is 1.98. The molecule has 0 radical (unpaired) electrons. The van der Waals surface area contributed by atoms with Crippen LogP contribution in [0, 0.1) is 11.8 Å². The highest BCUT2D eigenvalue weighted by Gasteiger charge is 2.22. The van der Waals surface area contributed by atoms with Gasteiger partial charge in [-0.1, -0.05) is 24.0 Å². The van der Waals surface area contributed by atoms with E-state index in [1.165, 1.54) is 36.6 Å². The third kappa shape index (κ3) is 7.62. The minimum Gasteiger partial charge on any atom is -0.495 e. The maximum absolute atomic E-state index is 13.6. The van der Waals surface area contributed by atoms with Crippen LogP contribution in [0.1, 0.15) is 30.2 Å². The zero-order chi connectivity index (χ0) is 28.9. The minimum atomic E-state index is -3.87. The number of piperidine rings is 1. The molecule has 2 aromatic carbocycles. The first-order valence-corrected chi connectivity index (χ1v) is 15.3. The molecular weight excluding hydrogens is 558 g/mol. The zero-order valence-electron chi connectivity index (χ0n) is 22.4. The Morgan fingerprint density at radius 3 is 2.62 bits per heavy atom. The molecule has 0 spiro atoms. The van der Waals surface area contributed by atoms with Crippen LogP contribution in [0.3, 0.4) is 0 Å². The first-order valence-electron chi connectivity index (χ1n) is 13.0. The van der Waals surface area contributed by atoms with Crippen molar-refractivity contribution in [1.29, 1.82) is 0 Å². The van der Waals surface area contributed by atoms with Crippen molar-refractivity contribution in [3.05, 3.63) is 46.8 Å². The molecule has 0 amide bonds. The average Bonchev–Trinajstić information content (AvgIpc) is 3.24. The van der Waals surface area contributed by atoms with Crippen molar-refractivity contribution in [3.8, 4) is 17.6 Å². The smallest absolute Gasteiger partial charge is 0.242 e. The Kier molecular flexibility index (Phi) is 9.86.